The maximum absolute atomic E-state index is 4.21. The maximum atomic E-state index is 4.21. The largest absolute Gasteiger partial charge is 0.264 e. The molecule has 1 aromatic heterocycles. The zero-order valence-corrected chi connectivity index (χ0v) is 11.2. The molecule has 0 unspecified atom stereocenters. The van der Waals surface area contributed by atoms with Gasteiger partial charge in [0.15, 0.2) is 0 Å². The Balaban J connectivity index is 1.78. The summed E-state index contributed by atoms with van der Waals surface area (Å²) in [4.78, 5) is 4.21. The molecule has 0 spiro atoms. The smallest absolute Gasteiger partial charge is 0.0303 e. The lowest BCUT2D eigenvalue weighted by atomic mass is 9.97. The normalized spacial score (nSPS) is 12.0. The molecular formula is C19H15N. The first-order chi connectivity index (χ1) is 9.92. The monoisotopic (exact) mass is 257 g/mol. The van der Waals surface area contributed by atoms with Crippen molar-refractivity contribution >= 4 is 0 Å². The molecule has 20 heavy (non-hydrogen) atoms. The highest BCUT2D eigenvalue weighted by Gasteiger charge is 2.20. The van der Waals surface area contributed by atoms with Crippen LogP contribution in [-0.2, 0) is 12.8 Å². The van der Waals surface area contributed by atoms with Crippen LogP contribution in [0.2, 0.25) is 0 Å². The summed E-state index contributed by atoms with van der Waals surface area (Å²) in [6.07, 6.45) is 5.81. The minimum atomic E-state index is 0.963. The van der Waals surface area contributed by atoms with E-state index in [1.54, 1.807) is 0 Å². The van der Waals surface area contributed by atoms with Crippen molar-refractivity contribution < 1.29 is 0 Å². The van der Waals surface area contributed by atoms with Crippen LogP contribution in [0.15, 0.2) is 67.0 Å². The van der Waals surface area contributed by atoms with E-state index < -0.39 is 0 Å². The Bertz CT molecular complexity index is 760. The summed E-state index contributed by atoms with van der Waals surface area (Å²) in [7, 11) is 0. The van der Waals surface area contributed by atoms with E-state index in [2.05, 4.69) is 53.5 Å². The molecule has 0 amide bonds. The average Bonchev–Trinajstić information content (AvgIpc) is 2.88. The lowest BCUT2D eigenvalue weighted by molar-refractivity contribution is 1.10. The Labute approximate surface area is 118 Å². The molecule has 0 saturated carbocycles. The van der Waals surface area contributed by atoms with Crippen molar-refractivity contribution in [2.75, 3.05) is 0 Å². The Morgan fingerprint density at radius 1 is 0.850 bits per heavy atom. The van der Waals surface area contributed by atoms with E-state index in [-0.39, 0.29) is 0 Å². The van der Waals surface area contributed by atoms with Gasteiger partial charge in [0.1, 0.15) is 0 Å². The molecule has 0 radical (unpaired) electrons. The standard InChI is InChI=1S/C19H15N/c1-2-8-17-16(6-1)12-19-15(7-3-9-18(17)19)11-14-5-4-10-20-13-14/h1-10,13H,11-12H2. The number of hydrogen-bond donors (Lipinski definition) is 0. The van der Waals surface area contributed by atoms with Gasteiger partial charge in [-0.2, -0.15) is 0 Å². The van der Waals surface area contributed by atoms with Crippen molar-refractivity contribution in [1.82, 2.24) is 4.98 Å². The first kappa shape index (κ1) is 11.4. The van der Waals surface area contributed by atoms with Crippen LogP contribution < -0.4 is 0 Å². The van der Waals surface area contributed by atoms with Gasteiger partial charge in [0.05, 0.1) is 0 Å². The van der Waals surface area contributed by atoms with Gasteiger partial charge >= 0.3 is 0 Å². The van der Waals surface area contributed by atoms with Gasteiger partial charge in [-0.15, -0.1) is 0 Å². The quantitative estimate of drug-likeness (QED) is 0.523. The van der Waals surface area contributed by atoms with Crippen LogP contribution in [0.5, 0.6) is 0 Å². The number of pyridine rings is 1. The van der Waals surface area contributed by atoms with E-state index in [1.165, 1.54) is 33.4 Å². The SMILES string of the molecule is c1cncc(Cc2cccc3c2Cc2ccccc2-3)c1. The van der Waals surface area contributed by atoms with Crippen LogP contribution in [0.3, 0.4) is 0 Å². The Morgan fingerprint density at radius 2 is 1.75 bits per heavy atom. The van der Waals surface area contributed by atoms with Crippen LogP contribution in [0.25, 0.3) is 11.1 Å². The molecule has 0 aliphatic heterocycles. The molecule has 0 N–H and O–H groups in total. The van der Waals surface area contributed by atoms with Gasteiger partial charge in [0.25, 0.3) is 0 Å². The fourth-order valence-corrected chi connectivity index (χ4v) is 3.11. The minimum absolute atomic E-state index is 0.963. The summed E-state index contributed by atoms with van der Waals surface area (Å²) in [5, 5.41) is 0. The molecule has 1 heteroatoms. The summed E-state index contributed by atoms with van der Waals surface area (Å²) in [5.74, 6) is 0. The summed E-state index contributed by atoms with van der Waals surface area (Å²) in [5.41, 5.74) is 8.43. The number of benzene rings is 2. The Morgan fingerprint density at radius 3 is 2.65 bits per heavy atom. The van der Waals surface area contributed by atoms with Crippen LogP contribution in [0, 0.1) is 0 Å². The molecule has 2 aromatic carbocycles. The van der Waals surface area contributed by atoms with Gasteiger partial charge in [0.2, 0.25) is 0 Å². The Hall–Kier alpha value is -2.41. The van der Waals surface area contributed by atoms with Crippen molar-refractivity contribution in [2.24, 2.45) is 0 Å². The zero-order chi connectivity index (χ0) is 13.4. The molecule has 1 nitrogen and oxygen atoms in total. The second-order valence-corrected chi connectivity index (χ2v) is 5.32. The lowest BCUT2D eigenvalue weighted by Gasteiger charge is -2.08. The molecule has 1 aliphatic carbocycles. The fraction of sp³-hybridized carbons (Fsp3) is 0.105. The summed E-state index contributed by atoms with van der Waals surface area (Å²) in [6.45, 7) is 0. The number of nitrogens with zero attached hydrogens (tertiary/aromatic N) is 1. The number of aromatic nitrogens is 1. The highest BCUT2D eigenvalue weighted by Crippen LogP contribution is 2.38. The van der Waals surface area contributed by atoms with Crippen molar-refractivity contribution in [2.45, 2.75) is 12.8 Å². The van der Waals surface area contributed by atoms with E-state index in [0.717, 1.165) is 12.8 Å². The summed E-state index contributed by atoms with van der Waals surface area (Å²) < 4.78 is 0. The third kappa shape index (κ3) is 1.83. The predicted molar refractivity (Wildman–Crippen MR) is 81.7 cm³/mol. The third-order valence-corrected chi connectivity index (χ3v) is 4.07. The molecule has 1 heterocycles. The molecule has 96 valence electrons. The molecule has 1 aliphatic rings. The number of hydrogen-bond acceptors (Lipinski definition) is 1. The highest BCUT2D eigenvalue weighted by atomic mass is 14.6. The van der Waals surface area contributed by atoms with Crippen molar-refractivity contribution in [3.05, 3.63) is 89.2 Å². The van der Waals surface area contributed by atoms with Gasteiger partial charge in [-0.25, -0.2) is 0 Å². The zero-order valence-electron chi connectivity index (χ0n) is 11.2. The average molecular weight is 257 g/mol. The number of rotatable bonds is 2. The molecule has 4 rings (SSSR count). The van der Waals surface area contributed by atoms with E-state index in [4.69, 9.17) is 0 Å². The fourth-order valence-electron chi connectivity index (χ4n) is 3.11. The molecule has 0 fully saturated rings. The summed E-state index contributed by atoms with van der Waals surface area (Å²) in [6, 6.07) is 19.5. The second kappa shape index (κ2) is 4.61. The highest BCUT2D eigenvalue weighted by molar-refractivity contribution is 5.78. The molecule has 0 atom stereocenters. The van der Waals surface area contributed by atoms with E-state index in [1.807, 2.05) is 18.5 Å². The maximum Gasteiger partial charge on any atom is 0.0303 e. The minimum Gasteiger partial charge on any atom is -0.264 e. The van der Waals surface area contributed by atoms with E-state index in [9.17, 15) is 0 Å². The molecule has 3 aromatic rings. The third-order valence-electron chi connectivity index (χ3n) is 4.07. The van der Waals surface area contributed by atoms with Gasteiger partial charge in [-0.05, 0) is 52.3 Å². The van der Waals surface area contributed by atoms with Gasteiger partial charge in [-0.1, -0.05) is 48.5 Å². The van der Waals surface area contributed by atoms with Crippen molar-refractivity contribution in [3.8, 4) is 11.1 Å². The van der Waals surface area contributed by atoms with E-state index in [0.29, 0.717) is 0 Å². The van der Waals surface area contributed by atoms with Crippen LogP contribution in [-0.4, -0.2) is 4.98 Å². The topological polar surface area (TPSA) is 12.9 Å². The predicted octanol–water partition coefficient (Wildman–Crippen LogP) is 4.24. The van der Waals surface area contributed by atoms with Crippen molar-refractivity contribution in [1.29, 1.82) is 0 Å². The molecule has 0 bridgehead atoms. The Kier molecular flexibility index (Phi) is 2.63. The van der Waals surface area contributed by atoms with Crippen LogP contribution in [0.4, 0.5) is 0 Å². The second-order valence-electron chi connectivity index (χ2n) is 5.32. The van der Waals surface area contributed by atoms with Gasteiger partial charge in [-0.3, -0.25) is 4.98 Å². The first-order valence-electron chi connectivity index (χ1n) is 7.00. The molecule has 0 saturated heterocycles. The van der Waals surface area contributed by atoms with Crippen LogP contribution in [0.1, 0.15) is 22.3 Å². The summed E-state index contributed by atoms with van der Waals surface area (Å²) >= 11 is 0. The molecular weight excluding hydrogens is 242 g/mol. The van der Waals surface area contributed by atoms with Crippen molar-refractivity contribution in [3.63, 3.8) is 0 Å². The van der Waals surface area contributed by atoms with Crippen LogP contribution >= 0.6 is 0 Å². The van der Waals surface area contributed by atoms with Gasteiger partial charge < -0.3 is 0 Å². The lowest BCUT2D eigenvalue weighted by Crippen LogP contribution is -1.95. The first-order valence-corrected chi connectivity index (χ1v) is 7.00. The number of fused-ring (bicyclic) bond motifs is 3. The van der Waals surface area contributed by atoms with E-state index >= 15 is 0 Å². The van der Waals surface area contributed by atoms with Gasteiger partial charge in [0, 0.05) is 12.4 Å².